The van der Waals surface area contributed by atoms with Crippen LogP contribution in [0.1, 0.15) is 50.7 Å². The topological polar surface area (TPSA) is 49.8 Å². The number of carbonyl (C=O) groups is 1. The maximum absolute atomic E-state index is 14.6. The first-order valence-corrected chi connectivity index (χ1v) is 9.75. The maximum atomic E-state index is 14.6. The summed E-state index contributed by atoms with van der Waals surface area (Å²) in [4.78, 5) is 14.2. The molecule has 2 aromatic rings. The van der Waals surface area contributed by atoms with Crippen LogP contribution in [0.3, 0.4) is 0 Å². The number of hydrogen-bond acceptors (Lipinski definition) is 3. The Morgan fingerprint density at radius 1 is 1.14 bits per heavy atom. The molecule has 0 aliphatic carbocycles. The molecule has 3 rings (SSSR count). The van der Waals surface area contributed by atoms with Crippen molar-refractivity contribution in [1.82, 2.24) is 4.90 Å². The number of likely N-dealkylation sites (tertiary alicyclic amines) is 1. The summed E-state index contributed by atoms with van der Waals surface area (Å²) in [6.07, 6.45) is 0.0431. The zero-order valence-electron chi connectivity index (χ0n) is 16.6. The Labute approximate surface area is 165 Å². The lowest BCUT2D eigenvalue weighted by molar-refractivity contribution is 0.00241. The number of aliphatic hydroxyl groups is 1. The van der Waals surface area contributed by atoms with E-state index < -0.39 is 29.8 Å². The van der Waals surface area contributed by atoms with Crippen LogP contribution in [-0.2, 0) is 4.74 Å². The van der Waals surface area contributed by atoms with Crippen LogP contribution in [0.2, 0.25) is 0 Å². The standard InChI is InChI=1S/C23H28FNO3/c1-23(2,3)28-22(27)25-15-9-14-19(25)21(26)20(16-10-5-4-6-11-16)17-12-7-8-13-18(17)24/h4-8,10-13,19-21,26H,9,14-15H2,1-3H3/t19?,20-,21+/m1/s1. The lowest BCUT2D eigenvalue weighted by Gasteiger charge is -2.35. The summed E-state index contributed by atoms with van der Waals surface area (Å²) in [5.74, 6) is -0.937. The second-order valence-electron chi connectivity index (χ2n) is 8.28. The molecule has 1 heterocycles. The van der Waals surface area contributed by atoms with Crippen molar-refractivity contribution in [2.24, 2.45) is 0 Å². The van der Waals surface area contributed by atoms with Gasteiger partial charge in [-0.05, 0) is 50.8 Å². The first kappa shape index (κ1) is 20.3. The molecule has 5 heteroatoms. The monoisotopic (exact) mass is 385 g/mol. The van der Waals surface area contributed by atoms with E-state index in [4.69, 9.17) is 4.74 Å². The van der Waals surface area contributed by atoms with E-state index in [1.807, 2.05) is 51.1 Å². The smallest absolute Gasteiger partial charge is 0.410 e. The molecule has 0 bridgehead atoms. The number of carbonyl (C=O) groups excluding carboxylic acids is 1. The third-order valence-corrected chi connectivity index (χ3v) is 5.06. The normalized spacial score (nSPS) is 19.3. The van der Waals surface area contributed by atoms with Crippen molar-refractivity contribution in [2.75, 3.05) is 6.54 Å². The molecule has 0 saturated carbocycles. The van der Waals surface area contributed by atoms with Crippen molar-refractivity contribution >= 4 is 6.09 Å². The van der Waals surface area contributed by atoms with Crippen LogP contribution >= 0.6 is 0 Å². The molecule has 3 atom stereocenters. The van der Waals surface area contributed by atoms with Crippen molar-refractivity contribution in [2.45, 2.75) is 57.3 Å². The van der Waals surface area contributed by atoms with Gasteiger partial charge < -0.3 is 14.7 Å². The van der Waals surface area contributed by atoms with E-state index in [2.05, 4.69) is 0 Å². The predicted octanol–water partition coefficient (Wildman–Crippen LogP) is 4.72. The van der Waals surface area contributed by atoms with Crippen LogP contribution in [0, 0.1) is 5.82 Å². The number of nitrogens with zero attached hydrogens (tertiary/aromatic N) is 1. The average Bonchev–Trinajstić information content (AvgIpc) is 3.13. The largest absolute Gasteiger partial charge is 0.444 e. The number of ether oxygens (including phenoxy) is 1. The highest BCUT2D eigenvalue weighted by molar-refractivity contribution is 5.69. The van der Waals surface area contributed by atoms with E-state index in [0.717, 1.165) is 12.0 Å². The zero-order valence-corrected chi connectivity index (χ0v) is 16.6. The lowest BCUT2D eigenvalue weighted by Crippen LogP contribution is -2.47. The molecule has 1 fully saturated rings. The molecule has 2 aromatic carbocycles. The number of aliphatic hydroxyl groups excluding tert-OH is 1. The molecule has 0 radical (unpaired) electrons. The van der Waals surface area contributed by atoms with Gasteiger partial charge in [0, 0.05) is 12.5 Å². The van der Waals surface area contributed by atoms with E-state index in [-0.39, 0.29) is 5.82 Å². The number of rotatable bonds is 4. The van der Waals surface area contributed by atoms with Crippen LogP contribution in [0.25, 0.3) is 0 Å². The minimum atomic E-state index is -0.950. The second kappa shape index (κ2) is 8.31. The zero-order chi connectivity index (χ0) is 20.3. The molecule has 1 N–H and O–H groups in total. The van der Waals surface area contributed by atoms with Gasteiger partial charge in [0.15, 0.2) is 0 Å². The third-order valence-electron chi connectivity index (χ3n) is 5.06. The fourth-order valence-corrected chi connectivity index (χ4v) is 3.87. The van der Waals surface area contributed by atoms with E-state index in [0.29, 0.717) is 18.5 Å². The highest BCUT2D eigenvalue weighted by atomic mass is 19.1. The van der Waals surface area contributed by atoms with Gasteiger partial charge in [0.2, 0.25) is 0 Å². The molecule has 4 nitrogen and oxygen atoms in total. The van der Waals surface area contributed by atoms with E-state index in [1.165, 1.54) is 6.07 Å². The fraction of sp³-hybridized carbons (Fsp3) is 0.435. The SMILES string of the molecule is CC(C)(C)OC(=O)N1CCCC1[C@H](O)[C@H](c1ccccc1)c1ccccc1F. The number of benzene rings is 2. The van der Waals surface area contributed by atoms with Crippen LogP contribution in [0.4, 0.5) is 9.18 Å². The van der Waals surface area contributed by atoms with Gasteiger partial charge >= 0.3 is 6.09 Å². The highest BCUT2D eigenvalue weighted by Crippen LogP contribution is 2.36. The van der Waals surface area contributed by atoms with Gasteiger partial charge in [0.25, 0.3) is 0 Å². The Morgan fingerprint density at radius 2 is 1.79 bits per heavy atom. The Hall–Kier alpha value is -2.40. The van der Waals surface area contributed by atoms with Crippen LogP contribution in [-0.4, -0.2) is 40.4 Å². The molecule has 1 aliphatic heterocycles. The van der Waals surface area contributed by atoms with Crippen molar-refractivity contribution in [3.05, 3.63) is 71.5 Å². The molecule has 0 spiro atoms. The van der Waals surface area contributed by atoms with Gasteiger partial charge in [0.1, 0.15) is 11.4 Å². The number of amides is 1. The molecule has 1 aliphatic rings. The van der Waals surface area contributed by atoms with Crippen LogP contribution in [0.5, 0.6) is 0 Å². The third kappa shape index (κ3) is 4.53. The molecule has 1 unspecified atom stereocenters. The van der Waals surface area contributed by atoms with Gasteiger partial charge in [-0.1, -0.05) is 48.5 Å². The van der Waals surface area contributed by atoms with Gasteiger partial charge in [-0.3, -0.25) is 0 Å². The van der Waals surface area contributed by atoms with E-state index in [1.54, 1.807) is 23.1 Å². The summed E-state index contributed by atoms with van der Waals surface area (Å²) in [6, 6.07) is 15.5. The molecular formula is C23H28FNO3. The summed E-state index contributed by atoms with van der Waals surface area (Å²) in [7, 11) is 0. The van der Waals surface area contributed by atoms with Gasteiger partial charge in [0.05, 0.1) is 12.1 Å². The van der Waals surface area contributed by atoms with E-state index >= 15 is 0 Å². The Morgan fingerprint density at radius 3 is 2.43 bits per heavy atom. The predicted molar refractivity (Wildman–Crippen MR) is 107 cm³/mol. The summed E-state index contributed by atoms with van der Waals surface area (Å²) >= 11 is 0. The summed E-state index contributed by atoms with van der Waals surface area (Å²) < 4.78 is 20.2. The second-order valence-corrected chi connectivity index (χ2v) is 8.28. The Bertz CT molecular complexity index is 803. The number of hydrogen-bond donors (Lipinski definition) is 1. The fourth-order valence-electron chi connectivity index (χ4n) is 3.87. The van der Waals surface area contributed by atoms with Crippen molar-refractivity contribution in [3.63, 3.8) is 0 Å². The average molecular weight is 385 g/mol. The molecule has 1 amide bonds. The van der Waals surface area contributed by atoms with Gasteiger partial charge in [-0.15, -0.1) is 0 Å². The summed E-state index contributed by atoms with van der Waals surface area (Å²) in [5.41, 5.74) is 0.632. The summed E-state index contributed by atoms with van der Waals surface area (Å²) in [5, 5.41) is 11.3. The molecule has 150 valence electrons. The Balaban J connectivity index is 1.94. The summed E-state index contributed by atoms with van der Waals surface area (Å²) in [6.45, 7) is 5.98. The van der Waals surface area contributed by atoms with Gasteiger partial charge in [-0.2, -0.15) is 0 Å². The minimum absolute atomic E-state index is 0.364. The lowest BCUT2D eigenvalue weighted by atomic mass is 9.82. The Kier molecular flexibility index (Phi) is 6.04. The first-order chi connectivity index (χ1) is 13.3. The molecule has 1 saturated heterocycles. The van der Waals surface area contributed by atoms with Crippen molar-refractivity contribution in [3.8, 4) is 0 Å². The van der Waals surface area contributed by atoms with Crippen molar-refractivity contribution in [1.29, 1.82) is 0 Å². The quantitative estimate of drug-likeness (QED) is 0.829. The number of halogens is 1. The molecule has 28 heavy (non-hydrogen) atoms. The van der Waals surface area contributed by atoms with E-state index in [9.17, 15) is 14.3 Å². The molecule has 0 aromatic heterocycles. The van der Waals surface area contributed by atoms with Gasteiger partial charge in [-0.25, -0.2) is 9.18 Å². The van der Waals surface area contributed by atoms with Crippen molar-refractivity contribution < 1.29 is 19.0 Å². The molecular weight excluding hydrogens is 357 g/mol. The van der Waals surface area contributed by atoms with Crippen LogP contribution in [0.15, 0.2) is 54.6 Å². The minimum Gasteiger partial charge on any atom is -0.444 e. The first-order valence-electron chi connectivity index (χ1n) is 9.75. The van der Waals surface area contributed by atoms with Crippen LogP contribution < -0.4 is 0 Å². The maximum Gasteiger partial charge on any atom is 0.410 e. The highest BCUT2D eigenvalue weighted by Gasteiger charge is 2.41.